The van der Waals surface area contributed by atoms with Crippen molar-refractivity contribution in [3.05, 3.63) is 63.0 Å². The van der Waals surface area contributed by atoms with Crippen LogP contribution in [0.15, 0.2) is 46.6 Å². The van der Waals surface area contributed by atoms with Gasteiger partial charge in [-0.2, -0.15) is 0 Å². The number of para-hydroxylation sites is 2. The van der Waals surface area contributed by atoms with Crippen LogP contribution >= 0.6 is 22.7 Å². The second-order valence-electron chi connectivity index (χ2n) is 4.88. The molecule has 2 heterocycles. The van der Waals surface area contributed by atoms with E-state index in [1.54, 1.807) is 29.0 Å². The van der Waals surface area contributed by atoms with Crippen LogP contribution in [-0.4, -0.2) is 15.9 Å². The van der Waals surface area contributed by atoms with Crippen molar-refractivity contribution < 1.29 is 9.53 Å². The number of aromatic nitrogens is 2. The standard InChI is InChI=1S/C17H15N3O2S2/c1-12-19-13(10-24-12)6-7-17(21)20-15-4-2-3-5-16(15)22-8-14-9-23-11-18-14/h2-7,9-11H,8H2,1H3,(H,20,21)/b7-6+. The van der Waals surface area contributed by atoms with E-state index >= 15 is 0 Å². The van der Waals surface area contributed by atoms with Crippen molar-refractivity contribution in [2.75, 3.05) is 5.32 Å². The normalized spacial score (nSPS) is 10.9. The number of nitrogens with one attached hydrogen (secondary N) is 1. The number of rotatable bonds is 6. The highest BCUT2D eigenvalue weighted by Crippen LogP contribution is 2.24. The first-order chi connectivity index (χ1) is 11.7. The maximum absolute atomic E-state index is 12.1. The van der Waals surface area contributed by atoms with Crippen molar-refractivity contribution >= 4 is 40.3 Å². The highest BCUT2D eigenvalue weighted by atomic mass is 32.1. The summed E-state index contributed by atoms with van der Waals surface area (Å²) in [6.45, 7) is 2.29. The van der Waals surface area contributed by atoms with Crippen molar-refractivity contribution in [1.29, 1.82) is 0 Å². The third-order valence-corrected chi connectivity index (χ3v) is 4.47. The lowest BCUT2D eigenvalue weighted by molar-refractivity contribution is -0.111. The van der Waals surface area contributed by atoms with E-state index < -0.39 is 0 Å². The molecule has 0 spiro atoms. The van der Waals surface area contributed by atoms with Gasteiger partial charge in [0.25, 0.3) is 0 Å². The van der Waals surface area contributed by atoms with Gasteiger partial charge in [0.2, 0.25) is 5.91 Å². The minimum absolute atomic E-state index is 0.231. The topological polar surface area (TPSA) is 64.1 Å². The van der Waals surface area contributed by atoms with Crippen LogP contribution in [0.1, 0.15) is 16.4 Å². The van der Waals surface area contributed by atoms with Gasteiger partial charge in [0, 0.05) is 16.8 Å². The number of hydrogen-bond acceptors (Lipinski definition) is 6. The Kier molecular flexibility index (Phi) is 5.35. The minimum Gasteiger partial charge on any atom is -0.485 e. The lowest BCUT2D eigenvalue weighted by Gasteiger charge is -2.10. The van der Waals surface area contributed by atoms with Gasteiger partial charge < -0.3 is 10.1 Å². The number of thiazole rings is 2. The summed E-state index contributed by atoms with van der Waals surface area (Å²) in [5, 5.41) is 7.63. The summed E-state index contributed by atoms with van der Waals surface area (Å²) >= 11 is 3.07. The number of aryl methyl sites for hydroxylation is 1. The SMILES string of the molecule is Cc1nc(/C=C/C(=O)Nc2ccccc2OCc2cscn2)cs1. The number of carbonyl (C=O) groups is 1. The van der Waals surface area contributed by atoms with Crippen LogP contribution in [0.4, 0.5) is 5.69 Å². The fourth-order valence-electron chi connectivity index (χ4n) is 1.95. The number of ether oxygens (including phenoxy) is 1. The Morgan fingerprint density at radius 3 is 2.96 bits per heavy atom. The summed E-state index contributed by atoms with van der Waals surface area (Å²) in [5.74, 6) is 0.377. The molecule has 0 bridgehead atoms. The first-order valence-electron chi connectivity index (χ1n) is 7.21. The molecule has 0 fully saturated rings. The Balaban J connectivity index is 1.63. The van der Waals surface area contributed by atoms with Gasteiger partial charge in [-0.25, -0.2) is 9.97 Å². The molecule has 0 saturated carbocycles. The molecule has 0 aliphatic carbocycles. The maximum atomic E-state index is 12.1. The molecule has 0 aliphatic rings. The molecule has 3 aromatic rings. The molecular weight excluding hydrogens is 342 g/mol. The average molecular weight is 357 g/mol. The highest BCUT2D eigenvalue weighted by Gasteiger charge is 2.06. The second kappa shape index (κ2) is 7.85. The Morgan fingerprint density at radius 2 is 2.21 bits per heavy atom. The Labute approximate surface area is 147 Å². The highest BCUT2D eigenvalue weighted by molar-refractivity contribution is 7.09. The van der Waals surface area contributed by atoms with Crippen LogP contribution in [0.25, 0.3) is 6.08 Å². The first kappa shape index (κ1) is 16.4. The van der Waals surface area contributed by atoms with E-state index in [-0.39, 0.29) is 5.91 Å². The monoisotopic (exact) mass is 357 g/mol. The summed E-state index contributed by atoms with van der Waals surface area (Å²) in [6.07, 6.45) is 3.16. The molecule has 1 N–H and O–H groups in total. The van der Waals surface area contributed by atoms with Crippen LogP contribution in [0.5, 0.6) is 5.75 Å². The van der Waals surface area contributed by atoms with Crippen LogP contribution in [-0.2, 0) is 11.4 Å². The molecule has 2 aromatic heterocycles. The van der Waals surface area contributed by atoms with E-state index in [0.717, 1.165) is 16.4 Å². The van der Waals surface area contributed by atoms with Crippen LogP contribution in [0.2, 0.25) is 0 Å². The molecular formula is C17H15N3O2S2. The molecule has 24 heavy (non-hydrogen) atoms. The predicted octanol–water partition coefficient (Wildman–Crippen LogP) is 4.14. The summed E-state index contributed by atoms with van der Waals surface area (Å²) in [7, 11) is 0. The summed E-state index contributed by atoms with van der Waals surface area (Å²) in [5.41, 5.74) is 4.02. The van der Waals surface area contributed by atoms with Crippen molar-refractivity contribution in [1.82, 2.24) is 9.97 Å². The van der Waals surface area contributed by atoms with Crippen molar-refractivity contribution in [3.8, 4) is 5.75 Å². The van der Waals surface area contributed by atoms with E-state index in [0.29, 0.717) is 18.0 Å². The third-order valence-electron chi connectivity index (χ3n) is 3.05. The quantitative estimate of drug-likeness (QED) is 0.674. The average Bonchev–Trinajstić information content (AvgIpc) is 3.24. The minimum atomic E-state index is -0.231. The smallest absolute Gasteiger partial charge is 0.248 e. The van der Waals surface area contributed by atoms with Gasteiger partial charge in [-0.05, 0) is 25.1 Å². The number of anilines is 1. The molecule has 0 aliphatic heterocycles. The van der Waals surface area contributed by atoms with Crippen LogP contribution < -0.4 is 10.1 Å². The Hall–Kier alpha value is -2.51. The fraction of sp³-hybridized carbons (Fsp3) is 0.118. The molecule has 7 heteroatoms. The number of nitrogens with zero attached hydrogens (tertiary/aromatic N) is 2. The maximum Gasteiger partial charge on any atom is 0.248 e. The van der Waals surface area contributed by atoms with Gasteiger partial charge in [-0.1, -0.05) is 12.1 Å². The molecule has 0 saturated heterocycles. The molecule has 1 amide bonds. The van der Waals surface area contributed by atoms with E-state index in [2.05, 4.69) is 15.3 Å². The van der Waals surface area contributed by atoms with Gasteiger partial charge in [0.15, 0.2) is 0 Å². The summed E-state index contributed by atoms with van der Waals surface area (Å²) < 4.78 is 5.74. The van der Waals surface area contributed by atoms with E-state index in [1.165, 1.54) is 17.4 Å². The van der Waals surface area contributed by atoms with Gasteiger partial charge in [-0.3, -0.25) is 4.79 Å². The molecule has 0 radical (unpaired) electrons. The number of amides is 1. The summed E-state index contributed by atoms with van der Waals surface area (Å²) in [6, 6.07) is 7.32. The van der Waals surface area contributed by atoms with Crippen molar-refractivity contribution in [2.24, 2.45) is 0 Å². The molecule has 3 rings (SSSR count). The molecule has 122 valence electrons. The van der Waals surface area contributed by atoms with Gasteiger partial charge in [-0.15, -0.1) is 22.7 Å². The fourth-order valence-corrected chi connectivity index (χ4v) is 3.07. The Bertz CT molecular complexity index is 841. The lowest BCUT2D eigenvalue weighted by Crippen LogP contribution is -2.09. The van der Waals surface area contributed by atoms with Gasteiger partial charge in [0.1, 0.15) is 12.4 Å². The number of benzene rings is 1. The van der Waals surface area contributed by atoms with E-state index in [4.69, 9.17) is 4.74 Å². The molecule has 1 aromatic carbocycles. The van der Waals surface area contributed by atoms with Crippen LogP contribution in [0.3, 0.4) is 0 Å². The number of carbonyl (C=O) groups excluding carboxylic acids is 1. The molecule has 5 nitrogen and oxygen atoms in total. The zero-order valence-corrected chi connectivity index (χ0v) is 14.6. The van der Waals surface area contributed by atoms with E-state index in [1.807, 2.05) is 35.9 Å². The predicted molar refractivity (Wildman–Crippen MR) is 97.4 cm³/mol. The lowest BCUT2D eigenvalue weighted by atomic mass is 10.3. The van der Waals surface area contributed by atoms with Crippen molar-refractivity contribution in [2.45, 2.75) is 13.5 Å². The second-order valence-corrected chi connectivity index (χ2v) is 6.66. The summed E-state index contributed by atoms with van der Waals surface area (Å²) in [4.78, 5) is 20.6. The zero-order valence-electron chi connectivity index (χ0n) is 12.9. The Morgan fingerprint density at radius 1 is 1.33 bits per heavy atom. The zero-order chi connectivity index (χ0) is 16.8. The first-order valence-corrected chi connectivity index (χ1v) is 9.03. The molecule has 0 unspecified atom stereocenters. The van der Waals surface area contributed by atoms with Gasteiger partial charge in [0.05, 0.1) is 27.6 Å². The third kappa shape index (κ3) is 4.50. The van der Waals surface area contributed by atoms with E-state index in [9.17, 15) is 4.79 Å². The van der Waals surface area contributed by atoms with Gasteiger partial charge >= 0.3 is 0 Å². The number of hydrogen-bond donors (Lipinski definition) is 1. The van der Waals surface area contributed by atoms with Crippen LogP contribution in [0, 0.1) is 6.92 Å². The molecule has 0 atom stereocenters. The van der Waals surface area contributed by atoms with Crippen molar-refractivity contribution in [3.63, 3.8) is 0 Å². The largest absolute Gasteiger partial charge is 0.485 e.